The summed E-state index contributed by atoms with van der Waals surface area (Å²) in [5.74, 6) is -0.0378. The third-order valence-corrected chi connectivity index (χ3v) is 5.61. The molecule has 1 heterocycles. The number of nitrogens with one attached hydrogen (secondary N) is 1. The number of halogens is 3. The number of hydrogen-bond donors (Lipinski definition) is 1. The van der Waals surface area contributed by atoms with Crippen LogP contribution in [-0.4, -0.2) is 38.9 Å². The molecule has 114 valence electrons. The summed E-state index contributed by atoms with van der Waals surface area (Å²) in [7, 11) is -3.30. The van der Waals surface area contributed by atoms with Crippen molar-refractivity contribution in [3.05, 3.63) is 33.8 Å². The van der Waals surface area contributed by atoms with E-state index in [-0.39, 0.29) is 18.2 Å². The molecule has 1 aromatic rings. The lowest BCUT2D eigenvalue weighted by Crippen LogP contribution is -2.35. The number of hydrogen-bond acceptors (Lipinski definition) is 3. The van der Waals surface area contributed by atoms with E-state index in [4.69, 9.17) is 23.2 Å². The van der Waals surface area contributed by atoms with Crippen molar-refractivity contribution in [3.63, 3.8) is 0 Å². The van der Waals surface area contributed by atoms with Crippen LogP contribution in [-0.2, 0) is 15.8 Å². The molecule has 1 aromatic carbocycles. The van der Waals surface area contributed by atoms with E-state index in [1.54, 1.807) is 18.2 Å². The van der Waals surface area contributed by atoms with Crippen molar-refractivity contribution in [2.45, 2.75) is 12.2 Å². The fraction of sp³-hybridized carbons (Fsp3) is 0.500. The Hall–Kier alpha value is -0.0400. The monoisotopic (exact) mass is 358 g/mol. The maximum Gasteiger partial charge on any atom is 0.218 e. The van der Waals surface area contributed by atoms with Crippen LogP contribution in [0.4, 0.5) is 0 Å². The first-order chi connectivity index (χ1) is 8.99. The van der Waals surface area contributed by atoms with Crippen LogP contribution in [0, 0.1) is 0 Å². The summed E-state index contributed by atoms with van der Waals surface area (Å²) in [6.07, 6.45) is 0.834. The van der Waals surface area contributed by atoms with Gasteiger partial charge in [0.2, 0.25) is 10.0 Å². The van der Waals surface area contributed by atoms with E-state index in [9.17, 15) is 8.42 Å². The maximum absolute atomic E-state index is 12.3. The van der Waals surface area contributed by atoms with Gasteiger partial charge in [-0.05, 0) is 30.7 Å². The van der Waals surface area contributed by atoms with Gasteiger partial charge in [-0.25, -0.2) is 12.7 Å². The zero-order valence-corrected chi connectivity index (χ0v) is 14.0. The van der Waals surface area contributed by atoms with E-state index in [0.29, 0.717) is 35.2 Å². The Morgan fingerprint density at radius 2 is 1.90 bits per heavy atom. The Labute approximate surface area is 135 Å². The van der Waals surface area contributed by atoms with Crippen molar-refractivity contribution in [2.75, 3.05) is 26.2 Å². The van der Waals surface area contributed by atoms with Crippen molar-refractivity contribution in [1.82, 2.24) is 9.62 Å². The summed E-state index contributed by atoms with van der Waals surface area (Å²) < 4.78 is 26.2. The largest absolute Gasteiger partial charge is 0.315 e. The van der Waals surface area contributed by atoms with Crippen LogP contribution in [0.1, 0.15) is 12.0 Å². The van der Waals surface area contributed by atoms with Crippen molar-refractivity contribution in [1.29, 1.82) is 0 Å². The minimum atomic E-state index is -3.30. The van der Waals surface area contributed by atoms with Crippen molar-refractivity contribution >= 4 is 45.6 Å². The van der Waals surface area contributed by atoms with Crippen LogP contribution in [0.3, 0.4) is 0 Å². The molecule has 1 fully saturated rings. The Morgan fingerprint density at radius 3 is 2.60 bits per heavy atom. The molecule has 0 unspecified atom stereocenters. The summed E-state index contributed by atoms with van der Waals surface area (Å²) in [6.45, 7) is 2.64. The van der Waals surface area contributed by atoms with Gasteiger partial charge >= 0.3 is 0 Å². The third-order valence-electron chi connectivity index (χ3n) is 3.03. The normalized spacial score (nSPS) is 17.3. The third kappa shape index (κ3) is 4.76. The summed E-state index contributed by atoms with van der Waals surface area (Å²) >= 11 is 11.7. The second-order valence-corrected chi connectivity index (χ2v) is 7.29. The van der Waals surface area contributed by atoms with Gasteiger partial charge in [0.05, 0.1) is 15.8 Å². The van der Waals surface area contributed by atoms with Gasteiger partial charge in [-0.1, -0.05) is 29.3 Å². The minimum absolute atomic E-state index is 0. The van der Waals surface area contributed by atoms with Gasteiger partial charge < -0.3 is 5.32 Å². The second kappa shape index (κ2) is 7.82. The first kappa shape index (κ1) is 18.0. The first-order valence-electron chi connectivity index (χ1n) is 6.11. The molecule has 1 aliphatic heterocycles. The molecule has 0 aliphatic carbocycles. The molecular weight excluding hydrogens is 343 g/mol. The molecule has 1 N–H and O–H groups in total. The molecule has 0 aromatic heterocycles. The molecule has 0 amide bonds. The lowest BCUT2D eigenvalue weighted by Gasteiger charge is -2.19. The SMILES string of the molecule is Cl.O=S(=O)(Cc1ccc(Cl)c(Cl)c1)N1CCCNCC1. The Balaban J connectivity index is 0.00000200. The minimum Gasteiger partial charge on any atom is -0.315 e. The van der Waals surface area contributed by atoms with E-state index in [2.05, 4.69) is 5.32 Å². The Bertz CT molecular complexity index is 544. The van der Waals surface area contributed by atoms with Gasteiger partial charge in [0.25, 0.3) is 0 Å². The summed E-state index contributed by atoms with van der Waals surface area (Å²) in [6, 6.07) is 4.93. The molecule has 0 saturated carbocycles. The maximum atomic E-state index is 12.3. The molecule has 0 radical (unpaired) electrons. The summed E-state index contributed by atoms with van der Waals surface area (Å²) in [4.78, 5) is 0. The Morgan fingerprint density at radius 1 is 1.15 bits per heavy atom. The van der Waals surface area contributed by atoms with Gasteiger partial charge in [-0.3, -0.25) is 0 Å². The highest BCUT2D eigenvalue weighted by atomic mass is 35.5. The zero-order valence-electron chi connectivity index (χ0n) is 10.8. The van der Waals surface area contributed by atoms with Crippen LogP contribution in [0.5, 0.6) is 0 Å². The quantitative estimate of drug-likeness (QED) is 0.902. The number of nitrogens with zero attached hydrogens (tertiary/aromatic N) is 1. The van der Waals surface area contributed by atoms with Crippen molar-refractivity contribution in [3.8, 4) is 0 Å². The molecule has 8 heteroatoms. The van der Waals surface area contributed by atoms with E-state index >= 15 is 0 Å². The van der Waals surface area contributed by atoms with Crippen LogP contribution >= 0.6 is 35.6 Å². The lowest BCUT2D eigenvalue weighted by molar-refractivity contribution is 0.431. The van der Waals surface area contributed by atoms with Crippen LogP contribution < -0.4 is 5.32 Å². The second-order valence-electron chi connectivity index (χ2n) is 4.51. The van der Waals surface area contributed by atoms with Gasteiger partial charge in [0.1, 0.15) is 0 Å². The Kier molecular flexibility index (Phi) is 7.04. The first-order valence-corrected chi connectivity index (χ1v) is 8.48. The van der Waals surface area contributed by atoms with Crippen LogP contribution in [0.15, 0.2) is 18.2 Å². The number of sulfonamides is 1. The predicted octanol–water partition coefficient (Wildman–Crippen LogP) is 2.54. The van der Waals surface area contributed by atoms with Gasteiger partial charge in [0.15, 0.2) is 0 Å². The molecule has 0 bridgehead atoms. The standard InChI is InChI=1S/C12H16Cl2N2O2S.ClH/c13-11-3-2-10(8-12(11)14)9-19(17,18)16-6-1-4-15-5-7-16;/h2-3,8,15H,1,4-7,9H2;1H. The highest BCUT2D eigenvalue weighted by molar-refractivity contribution is 7.88. The molecule has 20 heavy (non-hydrogen) atoms. The number of benzene rings is 1. The molecule has 4 nitrogen and oxygen atoms in total. The summed E-state index contributed by atoms with van der Waals surface area (Å²) in [5.41, 5.74) is 0.659. The van der Waals surface area contributed by atoms with E-state index < -0.39 is 10.0 Å². The predicted molar refractivity (Wildman–Crippen MR) is 85.4 cm³/mol. The fourth-order valence-electron chi connectivity index (χ4n) is 2.03. The molecular formula is C12H17Cl3N2O2S. The number of rotatable bonds is 3. The van der Waals surface area contributed by atoms with Crippen LogP contribution in [0.25, 0.3) is 0 Å². The van der Waals surface area contributed by atoms with Crippen molar-refractivity contribution < 1.29 is 8.42 Å². The van der Waals surface area contributed by atoms with Crippen molar-refractivity contribution in [2.24, 2.45) is 0 Å². The highest BCUT2D eigenvalue weighted by Gasteiger charge is 2.23. The molecule has 2 rings (SSSR count). The molecule has 1 aliphatic rings. The lowest BCUT2D eigenvalue weighted by atomic mass is 10.2. The van der Waals surface area contributed by atoms with Gasteiger partial charge in [0, 0.05) is 19.6 Å². The molecule has 0 atom stereocenters. The molecule has 1 saturated heterocycles. The topological polar surface area (TPSA) is 49.4 Å². The summed E-state index contributed by atoms with van der Waals surface area (Å²) in [5, 5.41) is 4.00. The smallest absolute Gasteiger partial charge is 0.218 e. The van der Waals surface area contributed by atoms with E-state index in [1.165, 1.54) is 4.31 Å². The fourth-order valence-corrected chi connectivity index (χ4v) is 3.91. The average molecular weight is 360 g/mol. The van der Waals surface area contributed by atoms with Crippen LogP contribution in [0.2, 0.25) is 10.0 Å². The van der Waals surface area contributed by atoms with E-state index in [1.807, 2.05) is 0 Å². The zero-order chi connectivity index (χ0) is 13.9. The van der Waals surface area contributed by atoms with E-state index in [0.717, 1.165) is 13.0 Å². The van der Waals surface area contributed by atoms with Gasteiger partial charge in [-0.2, -0.15) is 0 Å². The van der Waals surface area contributed by atoms with Gasteiger partial charge in [-0.15, -0.1) is 12.4 Å². The average Bonchev–Trinajstić information content (AvgIpc) is 2.63. The molecule has 0 spiro atoms. The highest BCUT2D eigenvalue weighted by Crippen LogP contribution is 2.24.